The molecule has 0 spiro atoms. The number of nitrogens with one attached hydrogen (secondary N) is 1. The Morgan fingerprint density at radius 3 is 2.84 bits per heavy atom. The Hall–Kier alpha value is -2.39. The summed E-state index contributed by atoms with van der Waals surface area (Å²) in [4.78, 5) is 21.9. The first-order valence-electron chi connectivity index (χ1n) is 5.77. The second-order valence-electron chi connectivity index (χ2n) is 4.07. The number of hydrogen-bond donors (Lipinski definition) is 3. The van der Waals surface area contributed by atoms with E-state index in [4.69, 9.17) is 16.1 Å². The zero-order valence-corrected chi connectivity index (χ0v) is 10.3. The molecule has 0 fully saturated rings. The number of carbonyl (C=O) groups is 2. The van der Waals surface area contributed by atoms with Crippen molar-refractivity contribution in [3.63, 3.8) is 0 Å². The third-order valence-corrected chi connectivity index (χ3v) is 2.53. The van der Waals surface area contributed by atoms with Crippen LogP contribution in [-0.4, -0.2) is 23.0 Å². The number of benzene rings is 1. The van der Waals surface area contributed by atoms with Crippen LogP contribution < -0.4 is 11.1 Å². The number of nitrogens with zero attached hydrogens (tertiary/aromatic N) is 1. The van der Waals surface area contributed by atoms with E-state index in [1.807, 2.05) is 6.07 Å². The molecule has 0 aliphatic heterocycles. The van der Waals surface area contributed by atoms with Crippen molar-refractivity contribution >= 4 is 11.9 Å². The minimum absolute atomic E-state index is 0.0966. The van der Waals surface area contributed by atoms with E-state index in [0.29, 0.717) is 5.56 Å². The van der Waals surface area contributed by atoms with Gasteiger partial charge >= 0.3 is 5.97 Å². The summed E-state index contributed by atoms with van der Waals surface area (Å²) in [7, 11) is 0. The monoisotopic (exact) mass is 261 g/mol. The van der Waals surface area contributed by atoms with Crippen LogP contribution in [0.2, 0.25) is 0 Å². The lowest BCUT2D eigenvalue weighted by Gasteiger charge is -2.11. The van der Waals surface area contributed by atoms with Crippen LogP contribution in [0.5, 0.6) is 0 Å². The Morgan fingerprint density at radius 1 is 1.47 bits per heavy atom. The quantitative estimate of drug-likeness (QED) is 0.684. The van der Waals surface area contributed by atoms with Crippen LogP contribution in [0.25, 0.3) is 0 Å². The largest absolute Gasteiger partial charge is 0.481 e. The van der Waals surface area contributed by atoms with Crippen LogP contribution in [0.1, 0.15) is 24.0 Å². The number of amides is 1. The highest BCUT2D eigenvalue weighted by Gasteiger charge is 2.14. The van der Waals surface area contributed by atoms with Gasteiger partial charge in [-0.25, -0.2) is 0 Å². The van der Waals surface area contributed by atoms with Gasteiger partial charge in [0.2, 0.25) is 5.91 Å². The molecular weight excluding hydrogens is 246 g/mol. The van der Waals surface area contributed by atoms with Crippen molar-refractivity contribution in [1.29, 1.82) is 5.26 Å². The summed E-state index contributed by atoms with van der Waals surface area (Å²) < 4.78 is 0. The van der Waals surface area contributed by atoms with Crippen LogP contribution in [0, 0.1) is 11.3 Å². The number of carboxylic acids is 1. The standard InChI is InChI=1S/C13H15N3O3/c14-7-9-2-1-3-10(6-9)8-16-13(19)11(15)4-5-12(17)18/h1-3,6,11H,4-5,8,15H2,(H,16,19)(H,17,18). The average molecular weight is 261 g/mol. The molecule has 100 valence electrons. The molecule has 0 radical (unpaired) electrons. The number of nitriles is 1. The molecule has 1 aromatic rings. The number of nitrogens with two attached hydrogens (primary N) is 1. The number of rotatable bonds is 6. The van der Waals surface area contributed by atoms with Gasteiger partial charge in [0.05, 0.1) is 17.7 Å². The summed E-state index contributed by atoms with van der Waals surface area (Å²) in [5.41, 5.74) is 6.86. The van der Waals surface area contributed by atoms with E-state index in [-0.39, 0.29) is 19.4 Å². The third-order valence-electron chi connectivity index (χ3n) is 2.53. The highest BCUT2D eigenvalue weighted by molar-refractivity contribution is 5.82. The van der Waals surface area contributed by atoms with Gasteiger partial charge in [-0.1, -0.05) is 12.1 Å². The van der Waals surface area contributed by atoms with Crippen molar-refractivity contribution in [3.05, 3.63) is 35.4 Å². The summed E-state index contributed by atoms with van der Waals surface area (Å²) in [5.74, 6) is -1.38. The Kier molecular flexibility index (Phi) is 5.51. The van der Waals surface area contributed by atoms with Gasteiger partial charge < -0.3 is 16.2 Å². The summed E-state index contributed by atoms with van der Waals surface area (Å²) >= 11 is 0. The fourth-order valence-corrected chi connectivity index (χ4v) is 1.48. The first kappa shape index (κ1) is 14.7. The summed E-state index contributed by atoms with van der Waals surface area (Å²) in [6, 6.07) is 8.02. The SMILES string of the molecule is N#Cc1cccc(CNC(=O)C(N)CCC(=O)O)c1. The van der Waals surface area contributed by atoms with Crippen LogP contribution >= 0.6 is 0 Å². The Labute approximate surface area is 110 Å². The fraction of sp³-hybridized carbons (Fsp3) is 0.308. The molecule has 1 rings (SSSR count). The van der Waals surface area contributed by atoms with E-state index in [0.717, 1.165) is 5.56 Å². The molecule has 0 heterocycles. The molecule has 1 aromatic carbocycles. The highest BCUT2D eigenvalue weighted by atomic mass is 16.4. The molecule has 4 N–H and O–H groups in total. The number of hydrogen-bond acceptors (Lipinski definition) is 4. The van der Waals surface area contributed by atoms with Crippen LogP contribution in [0.15, 0.2) is 24.3 Å². The van der Waals surface area contributed by atoms with E-state index in [1.54, 1.807) is 24.3 Å². The molecule has 1 unspecified atom stereocenters. The molecule has 1 amide bonds. The van der Waals surface area contributed by atoms with E-state index in [2.05, 4.69) is 5.32 Å². The minimum Gasteiger partial charge on any atom is -0.481 e. The molecule has 0 saturated heterocycles. The molecule has 0 saturated carbocycles. The first-order valence-corrected chi connectivity index (χ1v) is 5.77. The molecule has 0 bridgehead atoms. The van der Waals surface area contributed by atoms with Gasteiger partial charge in [0.1, 0.15) is 0 Å². The highest BCUT2D eigenvalue weighted by Crippen LogP contribution is 2.04. The predicted octanol–water partition coefficient (Wildman–Crippen LogP) is 0.367. The van der Waals surface area contributed by atoms with Crippen molar-refractivity contribution in [2.24, 2.45) is 5.73 Å². The Balaban J connectivity index is 2.45. The molecule has 6 heteroatoms. The van der Waals surface area contributed by atoms with Crippen molar-refractivity contribution in [3.8, 4) is 6.07 Å². The van der Waals surface area contributed by atoms with Gasteiger partial charge in [0.25, 0.3) is 0 Å². The van der Waals surface area contributed by atoms with Gasteiger partial charge in [-0.3, -0.25) is 9.59 Å². The van der Waals surface area contributed by atoms with Crippen LogP contribution in [-0.2, 0) is 16.1 Å². The van der Waals surface area contributed by atoms with Crippen molar-refractivity contribution in [2.45, 2.75) is 25.4 Å². The molecule has 1 atom stereocenters. The van der Waals surface area contributed by atoms with Gasteiger partial charge in [-0.15, -0.1) is 0 Å². The molecule has 19 heavy (non-hydrogen) atoms. The second kappa shape index (κ2) is 7.13. The third kappa shape index (κ3) is 5.19. The maximum absolute atomic E-state index is 11.6. The molecule has 0 aliphatic rings. The minimum atomic E-state index is -0.982. The van der Waals surface area contributed by atoms with E-state index < -0.39 is 17.9 Å². The lowest BCUT2D eigenvalue weighted by molar-refractivity contribution is -0.137. The zero-order chi connectivity index (χ0) is 14.3. The van der Waals surface area contributed by atoms with Crippen LogP contribution in [0.4, 0.5) is 0 Å². The summed E-state index contributed by atoms with van der Waals surface area (Å²) in [6.07, 6.45) is -0.0437. The van der Waals surface area contributed by atoms with Gasteiger partial charge in [0, 0.05) is 13.0 Å². The normalized spacial score (nSPS) is 11.4. The smallest absolute Gasteiger partial charge is 0.303 e. The van der Waals surface area contributed by atoms with Gasteiger partial charge in [-0.2, -0.15) is 5.26 Å². The van der Waals surface area contributed by atoms with Gasteiger partial charge in [0.15, 0.2) is 0 Å². The van der Waals surface area contributed by atoms with E-state index in [9.17, 15) is 9.59 Å². The Bertz CT molecular complexity index is 508. The first-order chi connectivity index (χ1) is 9.02. The van der Waals surface area contributed by atoms with E-state index >= 15 is 0 Å². The number of carbonyl (C=O) groups excluding carboxylic acids is 1. The predicted molar refractivity (Wildman–Crippen MR) is 67.8 cm³/mol. The number of carboxylic acid groups (broad SMARTS) is 1. The van der Waals surface area contributed by atoms with Crippen molar-refractivity contribution in [2.75, 3.05) is 0 Å². The average Bonchev–Trinajstić information content (AvgIpc) is 2.42. The topological polar surface area (TPSA) is 116 Å². The second-order valence-corrected chi connectivity index (χ2v) is 4.07. The Morgan fingerprint density at radius 2 is 2.21 bits per heavy atom. The molecular formula is C13H15N3O3. The summed E-state index contributed by atoms with van der Waals surface area (Å²) in [5, 5.41) is 19.8. The molecule has 0 aliphatic carbocycles. The number of aliphatic carboxylic acids is 1. The lowest BCUT2D eigenvalue weighted by atomic mass is 10.1. The summed E-state index contributed by atoms with van der Waals surface area (Å²) in [6.45, 7) is 0.259. The fourth-order valence-electron chi connectivity index (χ4n) is 1.48. The lowest BCUT2D eigenvalue weighted by Crippen LogP contribution is -2.40. The zero-order valence-electron chi connectivity index (χ0n) is 10.3. The maximum atomic E-state index is 11.6. The van der Waals surface area contributed by atoms with E-state index in [1.165, 1.54) is 0 Å². The van der Waals surface area contributed by atoms with Crippen LogP contribution in [0.3, 0.4) is 0 Å². The van der Waals surface area contributed by atoms with Crippen molar-refractivity contribution in [1.82, 2.24) is 5.32 Å². The van der Waals surface area contributed by atoms with Gasteiger partial charge in [-0.05, 0) is 24.1 Å². The molecule has 0 aromatic heterocycles. The maximum Gasteiger partial charge on any atom is 0.303 e. The molecule has 6 nitrogen and oxygen atoms in total. The van der Waals surface area contributed by atoms with Crippen molar-refractivity contribution < 1.29 is 14.7 Å².